The predicted molar refractivity (Wildman–Crippen MR) is 70.8 cm³/mol. The zero-order valence-corrected chi connectivity index (χ0v) is 11.6. The molecule has 1 aromatic carbocycles. The fourth-order valence-electron chi connectivity index (χ4n) is 1.59. The van der Waals surface area contributed by atoms with E-state index in [9.17, 15) is 18.0 Å². The lowest BCUT2D eigenvalue weighted by Crippen LogP contribution is -2.24. The van der Waals surface area contributed by atoms with Crippen LogP contribution in [0.5, 0.6) is 0 Å². The minimum absolute atomic E-state index is 0.00271. The number of aryl methyl sites for hydroxylation is 1. The van der Waals surface area contributed by atoms with Gasteiger partial charge >= 0.3 is 6.18 Å². The van der Waals surface area contributed by atoms with E-state index in [1.165, 1.54) is 23.0 Å². The van der Waals surface area contributed by atoms with Crippen LogP contribution in [0, 0.1) is 6.92 Å². The van der Waals surface area contributed by atoms with Gasteiger partial charge in [0, 0.05) is 11.2 Å². The number of nitrogens with zero attached hydrogens (tertiary/aromatic N) is 2. The Bertz CT molecular complexity index is 653. The van der Waals surface area contributed by atoms with Gasteiger partial charge in [0.2, 0.25) is 0 Å². The number of alkyl halides is 3. The van der Waals surface area contributed by atoms with Crippen molar-refractivity contribution in [3.05, 3.63) is 46.7 Å². The SMILES string of the molecule is C=O.Cc1ccn(-c2cc(Cl)ccc2C(=O)C(F)(F)F)n1. The largest absolute Gasteiger partial charge is 0.454 e. The van der Waals surface area contributed by atoms with E-state index in [1.54, 1.807) is 13.0 Å². The summed E-state index contributed by atoms with van der Waals surface area (Å²) in [5.41, 5.74) is 0.133. The van der Waals surface area contributed by atoms with Gasteiger partial charge in [0.1, 0.15) is 6.79 Å². The fourth-order valence-corrected chi connectivity index (χ4v) is 1.75. The van der Waals surface area contributed by atoms with E-state index in [2.05, 4.69) is 5.10 Å². The maximum Gasteiger partial charge on any atom is 0.454 e. The number of rotatable bonds is 2. The Labute approximate surface area is 123 Å². The van der Waals surface area contributed by atoms with Crippen molar-refractivity contribution in [1.29, 1.82) is 0 Å². The summed E-state index contributed by atoms with van der Waals surface area (Å²) in [7, 11) is 0. The second kappa shape index (κ2) is 6.53. The van der Waals surface area contributed by atoms with Crippen LogP contribution in [0.1, 0.15) is 16.1 Å². The van der Waals surface area contributed by atoms with Crippen molar-refractivity contribution in [3.63, 3.8) is 0 Å². The summed E-state index contributed by atoms with van der Waals surface area (Å²) in [6.07, 6.45) is -3.47. The van der Waals surface area contributed by atoms with Gasteiger partial charge in [-0.2, -0.15) is 18.3 Å². The van der Waals surface area contributed by atoms with Gasteiger partial charge in [0.15, 0.2) is 0 Å². The molecule has 8 heteroatoms. The van der Waals surface area contributed by atoms with Crippen LogP contribution in [0.15, 0.2) is 30.5 Å². The van der Waals surface area contributed by atoms with E-state index in [1.807, 2.05) is 6.79 Å². The first kappa shape index (κ1) is 16.9. The van der Waals surface area contributed by atoms with Crippen LogP contribution >= 0.6 is 11.6 Å². The lowest BCUT2D eigenvalue weighted by atomic mass is 10.1. The third kappa shape index (κ3) is 3.91. The average molecular weight is 319 g/mol. The Kier molecular flexibility index (Phi) is 5.26. The molecule has 0 spiro atoms. The van der Waals surface area contributed by atoms with Crippen molar-refractivity contribution < 1.29 is 22.8 Å². The number of halogens is 4. The number of carbonyl (C=O) groups excluding carboxylic acids is 2. The van der Waals surface area contributed by atoms with Crippen LogP contribution in [0.4, 0.5) is 13.2 Å². The standard InChI is InChI=1S/C12H8ClF3N2O.CH2O/c1-7-4-5-18(17-7)10-6-8(13)2-3-9(10)11(19)12(14,15)16;1-2/h2-6H,1H3;1H2. The smallest absolute Gasteiger partial charge is 0.307 e. The van der Waals surface area contributed by atoms with Gasteiger partial charge in [-0.25, -0.2) is 4.68 Å². The normalized spacial score (nSPS) is 10.7. The van der Waals surface area contributed by atoms with Gasteiger partial charge < -0.3 is 4.79 Å². The van der Waals surface area contributed by atoms with E-state index in [0.717, 1.165) is 6.07 Å². The number of aromatic nitrogens is 2. The molecule has 1 heterocycles. The molecule has 0 saturated heterocycles. The van der Waals surface area contributed by atoms with Gasteiger partial charge in [-0.3, -0.25) is 4.79 Å². The van der Waals surface area contributed by atoms with Crippen LogP contribution in [0.3, 0.4) is 0 Å². The topological polar surface area (TPSA) is 52.0 Å². The summed E-state index contributed by atoms with van der Waals surface area (Å²) in [5, 5.41) is 4.21. The number of ketones is 1. The number of hydrogen-bond acceptors (Lipinski definition) is 3. The molecule has 2 aromatic rings. The van der Waals surface area contributed by atoms with Crippen molar-refractivity contribution >= 4 is 24.2 Å². The zero-order chi connectivity index (χ0) is 16.2. The molecule has 112 valence electrons. The summed E-state index contributed by atoms with van der Waals surface area (Å²) in [4.78, 5) is 19.4. The summed E-state index contributed by atoms with van der Waals surface area (Å²) in [6, 6.07) is 5.17. The summed E-state index contributed by atoms with van der Waals surface area (Å²) in [5.74, 6) is -1.92. The Morgan fingerprint density at radius 3 is 2.38 bits per heavy atom. The Morgan fingerprint density at radius 1 is 1.29 bits per heavy atom. The predicted octanol–water partition coefficient (Wildman–Crippen LogP) is 3.39. The van der Waals surface area contributed by atoms with E-state index in [-0.39, 0.29) is 10.7 Å². The van der Waals surface area contributed by atoms with E-state index in [0.29, 0.717) is 5.69 Å². The van der Waals surface area contributed by atoms with Crippen molar-refractivity contribution in [2.45, 2.75) is 13.1 Å². The second-order valence-corrected chi connectivity index (χ2v) is 4.33. The molecule has 0 bridgehead atoms. The van der Waals surface area contributed by atoms with Crippen LogP contribution in [-0.4, -0.2) is 28.5 Å². The van der Waals surface area contributed by atoms with E-state index >= 15 is 0 Å². The van der Waals surface area contributed by atoms with Crippen LogP contribution in [0.25, 0.3) is 5.69 Å². The zero-order valence-electron chi connectivity index (χ0n) is 10.8. The quantitative estimate of drug-likeness (QED) is 0.797. The lowest BCUT2D eigenvalue weighted by molar-refractivity contribution is -0.0980. The minimum Gasteiger partial charge on any atom is -0.307 e. The number of carbonyl (C=O) groups is 2. The maximum atomic E-state index is 12.5. The lowest BCUT2D eigenvalue weighted by Gasteiger charge is -2.11. The van der Waals surface area contributed by atoms with E-state index in [4.69, 9.17) is 16.4 Å². The number of hydrogen-bond donors (Lipinski definition) is 0. The third-order valence-corrected chi connectivity index (χ3v) is 2.67. The molecule has 0 unspecified atom stereocenters. The Hall–Kier alpha value is -2.15. The van der Waals surface area contributed by atoms with Crippen LogP contribution in [0.2, 0.25) is 5.02 Å². The molecular formula is C13H10ClF3N2O2. The highest BCUT2D eigenvalue weighted by atomic mass is 35.5. The molecule has 0 radical (unpaired) electrons. The summed E-state index contributed by atoms with van der Waals surface area (Å²) >= 11 is 5.76. The molecule has 0 aliphatic heterocycles. The van der Waals surface area contributed by atoms with Crippen molar-refractivity contribution in [2.75, 3.05) is 0 Å². The van der Waals surface area contributed by atoms with Crippen molar-refractivity contribution in [3.8, 4) is 5.69 Å². The molecule has 0 aliphatic carbocycles. The first-order chi connectivity index (χ1) is 9.79. The maximum absolute atomic E-state index is 12.5. The average Bonchev–Trinajstić information content (AvgIpc) is 2.86. The van der Waals surface area contributed by atoms with Crippen molar-refractivity contribution in [2.24, 2.45) is 0 Å². The molecule has 0 amide bonds. The molecular weight excluding hydrogens is 309 g/mol. The molecule has 0 aliphatic rings. The molecule has 21 heavy (non-hydrogen) atoms. The molecule has 2 rings (SSSR count). The van der Waals surface area contributed by atoms with Crippen molar-refractivity contribution in [1.82, 2.24) is 9.78 Å². The highest BCUT2D eigenvalue weighted by Gasteiger charge is 2.40. The van der Waals surface area contributed by atoms with E-state index < -0.39 is 17.5 Å². The number of Topliss-reactive ketones (excluding diaryl/α,β-unsaturated/α-hetero) is 1. The van der Waals surface area contributed by atoms with Gasteiger partial charge in [-0.15, -0.1) is 0 Å². The highest BCUT2D eigenvalue weighted by molar-refractivity contribution is 6.31. The van der Waals surface area contributed by atoms with Gasteiger partial charge in [0.05, 0.1) is 16.9 Å². The molecule has 0 N–H and O–H groups in total. The molecule has 0 fully saturated rings. The summed E-state index contributed by atoms with van der Waals surface area (Å²) < 4.78 is 38.8. The minimum atomic E-state index is -4.94. The molecule has 1 aromatic heterocycles. The Balaban J connectivity index is 0.00000106. The van der Waals surface area contributed by atoms with Gasteiger partial charge in [-0.1, -0.05) is 11.6 Å². The monoisotopic (exact) mass is 318 g/mol. The Morgan fingerprint density at radius 2 is 1.90 bits per heavy atom. The highest BCUT2D eigenvalue weighted by Crippen LogP contribution is 2.27. The molecule has 0 saturated carbocycles. The number of benzene rings is 1. The van der Waals surface area contributed by atoms with Gasteiger partial charge in [0.25, 0.3) is 5.78 Å². The summed E-state index contributed by atoms with van der Waals surface area (Å²) in [6.45, 7) is 3.69. The first-order valence-electron chi connectivity index (χ1n) is 5.51. The van der Waals surface area contributed by atoms with Crippen LogP contribution < -0.4 is 0 Å². The molecule has 4 nitrogen and oxygen atoms in total. The van der Waals surface area contributed by atoms with Crippen LogP contribution in [-0.2, 0) is 4.79 Å². The third-order valence-electron chi connectivity index (χ3n) is 2.43. The second-order valence-electron chi connectivity index (χ2n) is 3.89. The fraction of sp³-hybridized carbons (Fsp3) is 0.154. The first-order valence-corrected chi connectivity index (χ1v) is 5.89. The van der Waals surface area contributed by atoms with Gasteiger partial charge in [-0.05, 0) is 31.2 Å². The molecule has 0 atom stereocenters.